The molecule has 0 saturated carbocycles. The van der Waals surface area contributed by atoms with Gasteiger partial charge >= 0.3 is 0 Å². The maximum atomic E-state index is 6.02. The van der Waals surface area contributed by atoms with E-state index in [2.05, 4.69) is 41.2 Å². The normalized spacial score (nSPS) is 12.7. The minimum atomic E-state index is 0.125. The van der Waals surface area contributed by atoms with E-state index in [0.717, 1.165) is 27.5 Å². The van der Waals surface area contributed by atoms with Gasteiger partial charge in [-0.2, -0.15) is 0 Å². The molecule has 102 valence electrons. The van der Waals surface area contributed by atoms with E-state index < -0.39 is 0 Å². The van der Waals surface area contributed by atoms with Crippen molar-refractivity contribution in [2.24, 2.45) is 5.73 Å². The maximum absolute atomic E-state index is 6.02. The van der Waals surface area contributed by atoms with Gasteiger partial charge in [0.15, 0.2) is 5.16 Å². The Morgan fingerprint density at radius 3 is 2.60 bits per heavy atom. The van der Waals surface area contributed by atoms with Gasteiger partial charge in [0, 0.05) is 10.9 Å². The second-order valence-electron chi connectivity index (χ2n) is 4.74. The molecule has 0 spiro atoms. The number of nitrogens with one attached hydrogen (secondary N) is 1. The lowest BCUT2D eigenvalue weighted by atomic mass is 10.1. The monoisotopic (exact) mass is 283 g/mol. The first-order valence-electron chi connectivity index (χ1n) is 6.74. The summed E-state index contributed by atoms with van der Waals surface area (Å²) in [6.45, 7) is 2.10. The number of nitrogens with two attached hydrogens (primary N) is 1. The lowest BCUT2D eigenvalue weighted by molar-refractivity contribution is 0.698. The average Bonchev–Trinajstić information content (AvgIpc) is 2.89. The van der Waals surface area contributed by atoms with Crippen LogP contribution in [0.1, 0.15) is 24.9 Å². The number of para-hydroxylation sites is 2. The van der Waals surface area contributed by atoms with Crippen LogP contribution < -0.4 is 5.73 Å². The number of hydrogen-bond acceptors (Lipinski definition) is 3. The SMILES string of the molecule is CCC(N)c1ccc(Sc2nc3ccccc3[nH]2)cc1. The third-order valence-corrected chi connectivity index (χ3v) is 4.22. The maximum Gasteiger partial charge on any atom is 0.171 e. The van der Waals surface area contributed by atoms with E-state index in [1.54, 1.807) is 11.8 Å². The molecule has 0 radical (unpaired) electrons. The van der Waals surface area contributed by atoms with Gasteiger partial charge in [-0.3, -0.25) is 0 Å². The van der Waals surface area contributed by atoms with Crippen LogP contribution in [0.2, 0.25) is 0 Å². The highest BCUT2D eigenvalue weighted by molar-refractivity contribution is 7.99. The molecule has 0 aliphatic heterocycles. The van der Waals surface area contributed by atoms with Crippen LogP contribution in [-0.4, -0.2) is 9.97 Å². The van der Waals surface area contributed by atoms with Crippen LogP contribution in [0.15, 0.2) is 58.6 Å². The number of hydrogen-bond donors (Lipinski definition) is 2. The zero-order chi connectivity index (χ0) is 13.9. The first kappa shape index (κ1) is 13.2. The smallest absolute Gasteiger partial charge is 0.171 e. The molecular formula is C16H17N3S. The number of rotatable bonds is 4. The first-order chi connectivity index (χ1) is 9.76. The Balaban J connectivity index is 1.80. The van der Waals surface area contributed by atoms with E-state index in [0.29, 0.717) is 0 Å². The summed E-state index contributed by atoms with van der Waals surface area (Å²) in [6, 6.07) is 16.6. The molecule has 0 amide bonds. The standard InChI is InChI=1S/C16H17N3S/c1-2-13(17)11-7-9-12(10-8-11)20-16-18-14-5-3-4-6-15(14)19-16/h3-10,13H,2,17H2,1H3,(H,18,19). The Hall–Kier alpha value is -1.78. The number of fused-ring (bicyclic) bond motifs is 1. The molecule has 1 aromatic heterocycles. The molecular weight excluding hydrogens is 266 g/mol. The first-order valence-corrected chi connectivity index (χ1v) is 7.56. The minimum absolute atomic E-state index is 0.125. The summed E-state index contributed by atoms with van der Waals surface area (Å²) in [4.78, 5) is 9.05. The highest BCUT2D eigenvalue weighted by atomic mass is 32.2. The van der Waals surface area contributed by atoms with E-state index in [9.17, 15) is 0 Å². The van der Waals surface area contributed by atoms with Gasteiger partial charge in [-0.25, -0.2) is 4.98 Å². The Morgan fingerprint density at radius 1 is 1.15 bits per heavy atom. The predicted molar refractivity (Wildman–Crippen MR) is 83.9 cm³/mol. The lowest BCUT2D eigenvalue weighted by Crippen LogP contribution is -2.07. The third-order valence-electron chi connectivity index (χ3n) is 3.33. The van der Waals surface area contributed by atoms with Crippen LogP contribution in [0, 0.1) is 0 Å². The molecule has 1 atom stereocenters. The van der Waals surface area contributed by atoms with Crippen molar-refractivity contribution in [3.05, 3.63) is 54.1 Å². The highest BCUT2D eigenvalue weighted by Gasteiger charge is 2.06. The van der Waals surface area contributed by atoms with E-state index in [1.807, 2.05) is 24.3 Å². The summed E-state index contributed by atoms with van der Waals surface area (Å²) in [5, 5.41) is 0.915. The molecule has 3 rings (SSSR count). The fourth-order valence-corrected chi connectivity index (χ4v) is 2.91. The van der Waals surface area contributed by atoms with Crippen molar-refractivity contribution in [3.63, 3.8) is 0 Å². The third kappa shape index (κ3) is 2.71. The van der Waals surface area contributed by atoms with Crippen molar-refractivity contribution in [2.75, 3.05) is 0 Å². The molecule has 3 nitrogen and oxygen atoms in total. The molecule has 4 heteroatoms. The molecule has 0 bridgehead atoms. The van der Waals surface area contributed by atoms with Crippen molar-refractivity contribution < 1.29 is 0 Å². The fraction of sp³-hybridized carbons (Fsp3) is 0.188. The van der Waals surface area contributed by atoms with Gasteiger partial charge in [-0.1, -0.05) is 43.0 Å². The van der Waals surface area contributed by atoms with Crippen molar-refractivity contribution in [1.82, 2.24) is 9.97 Å². The van der Waals surface area contributed by atoms with Crippen LogP contribution >= 0.6 is 11.8 Å². The van der Waals surface area contributed by atoms with Crippen LogP contribution in [-0.2, 0) is 0 Å². The van der Waals surface area contributed by atoms with Gasteiger partial charge in [-0.05, 0) is 36.2 Å². The molecule has 0 fully saturated rings. The molecule has 0 aliphatic carbocycles. The molecule has 1 unspecified atom stereocenters. The number of aromatic nitrogens is 2. The van der Waals surface area contributed by atoms with E-state index >= 15 is 0 Å². The summed E-state index contributed by atoms with van der Waals surface area (Å²) < 4.78 is 0. The second-order valence-corrected chi connectivity index (χ2v) is 5.81. The Bertz CT molecular complexity index is 670. The number of nitrogens with zero attached hydrogens (tertiary/aromatic N) is 1. The number of H-pyrrole nitrogens is 1. The number of imidazole rings is 1. The van der Waals surface area contributed by atoms with E-state index in [-0.39, 0.29) is 6.04 Å². The second kappa shape index (κ2) is 5.69. The Labute approximate surface area is 122 Å². The zero-order valence-electron chi connectivity index (χ0n) is 11.3. The topological polar surface area (TPSA) is 54.7 Å². The minimum Gasteiger partial charge on any atom is -0.333 e. The number of benzene rings is 2. The molecule has 0 aliphatic rings. The molecule has 3 N–H and O–H groups in total. The average molecular weight is 283 g/mol. The summed E-state index contributed by atoms with van der Waals surface area (Å²) in [5.74, 6) is 0. The molecule has 20 heavy (non-hydrogen) atoms. The van der Waals surface area contributed by atoms with E-state index in [4.69, 9.17) is 5.73 Å². The predicted octanol–water partition coefficient (Wildman–Crippen LogP) is 4.12. The van der Waals surface area contributed by atoms with Gasteiger partial charge in [0.25, 0.3) is 0 Å². The van der Waals surface area contributed by atoms with Gasteiger partial charge in [0.2, 0.25) is 0 Å². The van der Waals surface area contributed by atoms with Gasteiger partial charge in [-0.15, -0.1) is 0 Å². The molecule has 3 aromatic rings. The summed E-state index contributed by atoms with van der Waals surface area (Å²) in [7, 11) is 0. The van der Waals surface area contributed by atoms with Gasteiger partial charge in [0.05, 0.1) is 11.0 Å². The van der Waals surface area contributed by atoms with Crippen molar-refractivity contribution >= 4 is 22.8 Å². The van der Waals surface area contributed by atoms with Gasteiger partial charge < -0.3 is 10.7 Å². The van der Waals surface area contributed by atoms with Crippen molar-refractivity contribution in [2.45, 2.75) is 29.4 Å². The Morgan fingerprint density at radius 2 is 1.90 bits per heavy atom. The molecule has 1 heterocycles. The Kier molecular flexibility index (Phi) is 3.76. The largest absolute Gasteiger partial charge is 0.333 e. The zero-order valence-corrected chi connectivity index (χ0v) is 12.2. The van der Waals surface area contributed by atoms with Crippen LogP contribution in [0.5, 0.6) is 0 Å². The molecule has 0 saturated heterocycles. The summed E-state index contributed by atoms with van der Waals surface area (Å²) >= 11 is 1.63. The van der Waals surface area contributed by atoms with Crippen molar-refractivity contribution in [3.8, 4) is 0 Å². The highest BCUT2D eigenvalue weighted by Crippen LogP contribution is 2.28. The quantitative estimate of drug-likeness (QED) is 0.757. The van der Waals surface area contributed by atoms with Gasteiger partial charge in [0.1, 0.15) is 0 Å². The lowest BCUT2D eigenvalue weighted by Gasteiger charge is -2.09. The van der Waals surface area contributed by atoms with Crippen molar-refractivity contribution in [1.29, 1.82) is 0 Å². The molecule has 2 aromatic carbocycles. The van der Waals surface area contributed by atoms with Crippen LogP contribution in [0.4, 0.5) is 0 Å². The number of aromatic amines is 1. The van der Waals surface area contributed by atoms with Crippen LogP contribution in [0.3, 0.4) is 0 Å². The summed E-state index contributed by atoms with van der Waals surface area (Å²) in [5.41, 5.74) is 9.27. The van der Waals surface area contributed by atoms with E-state index in [1.165, 1.54) is 5.56 Å². The summed E-state index contributed by atoms with van der Waals surface area (Å²) in [6.07, 6.45) is 0.954. The van der Waals surface area contributed by atoms with Crippen LogP contribution in [0.25, 0.3) is 11.0 Å². The fourth-order valence-electron chi connectivity index (χ4n) is 2.11.